The maximum absolute atomic E-state index is 6.13. The van der Waals surface area contributed by atoms with Crippen LogP contribution in [0.2, 0.25) is 10.0 Å². The Morgan fingerprint density at radius 3 is 2.76 bits per heavy atom. The summed E-state index contributed by atoms with van der Waals surface area (Å²) in [7, 11) is 0. The molecule has 5 heteroatoms. The molecular formula is C12H9BrCl2OS. The summed E-state index contributed by atoms with van der Waals surface area (Å²) in [4.78, 5) is 1.16. The lowest BCUT2D eigenvalue weighted by molar-refractivity contribution is 0.307. The first kappa shape index (κ1) is 13.2. The average Bonchev–Trinajstić information content (AvgIpc) is 2.79. The van der Waals surface area contributed by atoms with Gasteiger partial charge in [-0.05, 0) is 23.6 Å². The Bertz CT molecular complexity index is 499. The molecule has 1 heterocycles. The monoisotopic (exact) mass is 350 g/mol. The molecular weight excluding hydrogens is 343 g/mol. The van der Waals surface area contributed by atoms with Crippen molar-refractivity contribution in [2.45, 2.75) is 11.9 Å². The molecule has 0 aliphatic carbocycles. The van der Waals surface area contributed by atoms with E-state index in [0.717, 1.165) is 10.4 Å². The molecule has 2 rings (SSSR count). The van der Waals surface area contributed by atoms with E-state index in [1.165, 1.54) is 0 Å². The van der Waals surface area contributed by atoms with Gasteiger partial charge >= 0.3 is 0 Å². The summed E-state index contributed by atoms with van der Waals surface area (Å²) >= 11 is 17.1. The van der Waals surface area contributed by atoms with Crippen LogP contribution in [0.3, 0.4) is 0 Å². The zero-order valence-corrected chi connectivity index (χ0v) is 12.7. The molecule has 1 nitrogen and oxygen atoms in total. The van der Waals surface area contributed by atoms with Gasteiger partial charge in [0.1, 0.15) is 12.4 Å². The van der Waals surface area contributed by atoms with Gasteiger partial charge in [0, 0.05) is 20.8 Å². The van der Waals surface area contributed by atoms with Crippen molar-refractivity contribution < 1.29 is 4.74 Å². The standard InChI is InChI=1S/C12H9BrCl2OS/c13-6-8-4-9(14)5-11(15)12(8)16-7-10-2-1-3-17-10/h1-5H,6-7H2. The number of hydrogen-bond donors (Lipinski definition) is 0. The second-order valence-electron chi connectivity index (χ2n) is 3.38. The smallest absolute Gasteiger partial charge is 0.142 e. The van der Waals surface area contributed by atoms with Gasteiger partial charge < -0.3 is 4.74 Å². The maximum Gasteiger partial charge on any atom is 0.142 e. The van der Waals surface area contributed by atoms with Gasteiger partial charge in [-0.3, -0.25) is 0 Å². The predicted molar refractivity (Wildman–Crippen MR) is 77.7 cm³/mol. The number of thiophene rings is 1. The predicted octanol–water partition coefficient (Wildman–Crippen LogP) is 5.53. The molecule has 1 aromatic carbocycles. The Kier molecular flexibility index (Phi) is 4.74. The number of hydrogen-bond acceptors (Lipinski definition) is 2. The van der Waals surface area contributed by atoms with E-state index in [2.05, 4.69) is 15.9 Å². The van der Waals surface area contributed by atoms with E-state index in [9.17, 15) is 0 Å². The highest BCUT2D eigenvalue weighted by Gasteiger charge is 2.10. The van der Waals surface area contributed by atoms with Gasteiger partial charge in [-0.2, -0.15) is 0 Å². The number of alkyl halides is 1. The molecule has 0 radical (unpaired) electrons. The molecule has 0 unspecified atom stereocenters. The van der Waals surface area contributed by atoms with Crippen LogP contribution in [0.15, 0.2) is 29.6 Å². The van der Waals surface area contributed by atoms with E-state index < -0.39 is 0 Å². The van der Waals surface area contributed by atoms with E-state index in [4.69, 9.17) is 27.9 Å². The first-order valence-electron chi connectivity index (χ1n) is 4.90. The van der Waals surface area contributed by atoms with Crippen molar-refractivity contribution in [2.24, 2.45) is 0 Å². The maximum atomic E-state index is 6.13. The summed E-state index contributed by atoms with van der Waals surface area (Å²) < 4.78 is 5.75. The van der Waals surface area contributed by atoms with Gasteiger partial charge in [0.25, 0.3) is 0 Å². The molecule has 0 fully saturated rings. The van der Waals surface area contributed by atoms with Crippen LogP contribution in [-0.2, 0) is 11.9 Å². The van der Waals surface area contributed by atoms with Gasteiger partial charge in [0.2, 0.25) is 0 Å². The molecule has 0 spiro atoms. The zero-order chi connectivity index (χ0) is 12.3. The summed E-state index contributed by atoms with van der Waals surface area (Å²) in [5.74, 6) is 0.696. The van der Waals surface area contributed by atoms with E-state index in [-0.39, 0.29) is 0 Å². The van der Waals surface area contributed by atoms with Crippen molar-refractivity contribution in [2.75, 3.05) is 0 Å². The SMILES string of the molecule is Clc1cc(Cl)c(OCc2cccs2)c(CBr)c1. The molecule has 0 saturated heterocycles. The number of rotatable bonds is 4. The van der Waals surface area contributed by atoms with Crippen molar-refractivity contribution in [1.29, 1.82) is 0 Å². The van der Waals surface area contributed by atoms with Gasteiger partial charge in [-0.25, -0.2) is 0 Å². The average molecular weight is 352 g/mol. The highest BCUT2D eigenvalue weighted by atomic mass is 79.9. The Hall–Kier alpha value is -0.220. The van der Waals surface area contributed by atoms with Gasteiger partial charge in [0.05, 0.1) is 5.02 Å². The van der Waals surface area contributed by atoms with Crippen molar-refractivity contribution >= 4 is 50.5 Å². The van der Waals surface area contributed by atoms with Crippen LogP contribution in [-0.4, -0.2) is 0 Å². The summed E-state index contributed by atoms with van der Waals surface area (Å²) in [6, 6.07) is 7.57. The van der Waals surface area contributed by atoms with Crippen molar-refractivity contribution in [1.82, 2.24) is 0 Å². The summed E-state index contributed by atoms with van der Waals surface area (Å²) in [6.07, 6.45) is 0. The molecule has 0 N–H and O–H groups in total. The first-order valence-corrected chi connectivity index (χ1v) is 7.65. The molecule has 1 aromatic heterocycles. The van der Waals surface area contributed by atoms with Crippen LogP contribution in [0.5, 0.6) is 5.75 Å². The minimum atomic E-state index is 0.527. The van der Waals surface area contributed by atoms with Crippen molar-refractivity contribution in [3.63, 3.8) is 0 Å². The van der Waals surface area contributed by atoms with Crippen LogP contribution in [0.1, 0.15) is 10.4 Å². The lowest BCUT2D eigenvalue weighted by Crippen LogP contribution is -1.97. The topological polar surface area (TPSA) is 9.23 Å². The van der Waals surface area contributed by atoms with E-state index in [1.54, 1.807) is 17.4 Å². The fraction of sp³-hybridized carbons (Fsp3) is 0.167. The number of benzene rings is 1. The summed E-state index contributed by atoms with van der Waals surface area (Å²) in [5.41, 5.74) is 0.957. The third-order valence-corrected chi connectivity index (χ3v) is 4.12. The lowest BCUT2D eigenvalue weighted by Gasteiger charge is -2.11. The summed E-state index contributed by atoms with van der Waals surface area (Å²) in [6.45, 7) is 0.527. The largest absolute Gasteiger partial charge is 0.486 e. The van der Waals surface area contributed by atoms with Crippen LogP contribution in [0.25, 0.3) is 0 Å². The Morgan fingerprint density at radius 1 is 1.29 bits per heavy atom. The van der Waals surface area contributed by atoms with E-state index >= 15 is 0 Å². The number of ether oxygens (including phenoxy) is 1. The molecule has 0 bridgehead atoms. The van der Waals surface area contributed by atoms with Gasteiger partial charge in [-0.1, -0.05) is 45.2 Å². The van der Waals surface area contributed by atoms with Gasteiger partial charge in [0.15, 0.2) is 0 Å². The van der Waals surface area contributed by atoms with E-state index in [0.29, 0.717) is 27.7 Å². The summed E-state index contributed by atoms with van der Waals surface area (Å²) in [5, 5.41) is 3.84. The molecule has 0 aliphatic heterocycles. The fourth-order valence-corrected chi connectivity index (χ4v) is 3.04. The number of halogens is 3. The molecule has 0 aliphatic rings. The molecule has 17 heavy (non-hydrogen) atoms. The Labute approximate surface area is 122 Å². The van der Waals surface area contributed by atoms with Crippen LogP contribution in [0, 0.1) is 0 Å². The fourth-order valence-electron chi connectivity index (χ4n) is 1.41. The molecule has 0 amide bonds. The third kappa shape index (κ3) is 3.38. The molecule has 0 atom stereocenters. The molecule has 2 aromatic rings. The van der Waals surface area contributed by atoms with Crippen molar-refractivity contribution in [3.05, 3.63) is 50.1 Å². The highest BCUT2D eigenvalue weighted by Crippen LogP contribution is 2.34. The highest BCUT2D eigenvalue weighted by molar-refractivity contribution is 9.08. The Balaban J connectivity index is 2.19. The Morgan fingerprint density at radius 2 is 2.12 bits per heavy atom. The van der Waals surface area contributed by atoms with Crippen LogP contribution in [0.4, 0.5) is 0 Å². The van der Waals surface area contributed by atoms with Crippen molar-refractivity contribution in [3.8, 4) is 5.75 Å². The minimum absolute atomic E-state index is 0.527. The third-order valence-electron chi connectivity index (χ3n) is 2.17. The molecule has 0 saturated carbocycles. The van der Waals surface area contributed by atoms with E-state index in [1.807, 2.05) is 23.6 Å². The van der Waals surface area contributed by atoms with Crippen LogP contribution < -0.4 is 4.74 Å². The van der Waals surface area contributed by atoms with Crippen LogP contribution >= 0.6 is 50.5 Å². The van der Waals surface area contributed by atoms with Gasteiger partial charge in [-0.15, -0.1) is 11.3 Å². The lowest BCUT2D eigenvalue weighted by atomic mass is 10.2. The second kappa shape index (κ2) is 6.10. The molecule has 90 valence electrons. The normalized spacial score (nSPS) is 10.5. The first-order chi connectivity index (χ1) is 8.20. The quantitative estimate of drug-likeness (QED) is 0.658. The zero-order valence-electron chi connectivity index (χ0n) is 8.75. The second-order valence-corrected chi connectivity index (χ2v) is 5.81. The minimum Gasteiger partial charge on any atom is -0.486 e.